The minimum atomic E-state index is -4.53. The van der Waals surface area contributed by atoms with Crippen LogP contribution in [-0.4, -0.2) is 26.8 Å². The predicted molar refractivity (Wildman–Crippen MR) is 131 cm³/mol. The SMILES string of the molecule is O=C(CSc1nnc(-c2c[nH]c3ccccc23)o1)N1c2ccccc2Sc2ccc(C(F)(F)F)cc21. The van der Waals surface area contributed by atoms with Crippen LogP contribution in [0.1, 0.15) is 5.56 Å². The van der Waals surface area contributed by atoms with Gasteiger partial charge in [0.1, 0.15) is 0 Å². The van der Waals surface area contributed by atoms with Crippen LogP contribution in [0.2, 0.25) is 0 Å². The van der Waals surface area contributed by atoms with Gasteiger partial charge in [0, 0.05) is 26.9 Å². The smallest absolute Gasteiger partial charge is 0.411 e. The minimum absolute atomic E-state index is 0.107. The highest BCUT2D eigenvalue weighted by molar-refractivity contribution is 8.00. The van der Waals surface area contributed by atoms with Gasteiger partial charge in [-0.3, -0.25) is 9.69 Å². The largest absolute Gasteiger partial charge is 0.416 e. The van der Waals surface area contributed by atoms with Crippen LogP contribution in [0.25, 0.3) is 22.4 Å². The number of fused-ring (bicyclic) bond motifs is 3. The van der Waals surface area contributed by atoms with Crippen LogP contribution in [0, 0.1) is 0 Å². The average Bonchev–Trinajstić information content (AvgIpc) is 3.52. The molecule has 6 rings (SSSR count). The minimum Gasteiger partial charge on any atom is -0.411 e. The number of hydrogen-bond donors (Lipinski definition) is 1. The molecule has 2 aromatic heterocycles. The number of alkyl halides is 3. The number of aromatic amines is 1. The maximum absolute atomic E-state index is 13.4. The summed E-state index contributed by atoms with van der Waals surface area (Å²) in [6, 6.07) is 18.2. The molecular weight excluding hydrogens is 509 g/mol. The Labute approximate surface area is 210 Å². The zero-order valence-electron chi connectivity index (χ0n) is 18.2. The summed E-state index contributed by atoms with van der Waals surface area (Å²) in [6.07, 6.45) is -2.75. The number of H-pyrrole nitrogens is 1. The van der Waals surface area contributed by atoms with Gasteiger partial charge in [-0.1, -0.05) is 53.9 Å². The fourth-order valence-electron chi connectivity index (χ4n) is 4.01. The van der Waals surface area contributed by atoms with Crippen molar-refractivity contribution in [1.82, 2.24) is 15.2 Å². The molecule has 0 unspecified atom stereocenters. The molecule has 0 saturated carbocycles. The van der Waals surface area contributed by atoms with Gasteiger partial charge in [0.15, 0.2) is 0 Å². The molecule has 1 aliphatic rings. The number of nitrogens with one attached hydrogen (secondary N) is 1. The number of carbonyl (C=O) groups is 1. The Bertz CT molecular complexity index is 1610. The molecule has 1 amide bonds. The molecule has 5 aromatic rings. The van der Waals surface area contributed by atoms with Crippen molar-refractivity contribution in [3.63, 3.8) is 0 Å². The Morgan fingerprint density at radius 2 is 1.78 bits per heavy atom. The van der Waals surface area contributed by atoms with Gasteiger partial charge in [-0.05, 0) is 36.4 Å². The molecule has 0 atom stereocenters. The summed E-state index contributed by atoms with van der Waals surface area (Å²) in [7, 11) is 0. The third kappa shape index (κ3) is 4.03. The second kappa shape index (κ2) is 8.75. The first-order valence-corrected chi connectivity index (χ1v) is 12.5. The zero-order chi connectivity index (χ0) is 24.9. The van der Waals surface area contributed by atoms with Crippen molar-refractivity contribution in [3.8, 4) is 11.5 Å². The summed E-state index contributed by atoms with van der Waals surface area (Å²) in [4.78, 5) is 19.2. The van der Waals surface area contributed by atoms with Crippen molar-refractivity contribution in [2.45, 2.75) is 21.2 Å². The van der Waals surface area contributed by atoms with Crippen molar-refractivity contribution in [2.75, 3.05) is 10.7 Å². The molecule has 0 bridgehead atoms. The van der Waals surface area contributed by atoms with E-state index in [9.17, 15) is 18.0 Å². The number of halogens is 3. The van der Waals surface area contributed by atoms with Crippen molar-refractivity contribution >= 4 is 51.7 Å². The number of hydrogen-bond acceptors (Lipinski definition) is 6. The topological polar surface area (TPSA) is 75.0 Å². The Morgan fingerprint density at radius 1 is 1.00 bits per heavy atom. The number of anilines is 2. The maximum atomic E-state index is 13.4. The van der Waals surface area contributed by atoms with Crippen LogP contribution in [0.4, 0.5) is 24.5 Å². The van der Waals surface area contributed by atoms with Gasteiger partial charge in [-0.25, -0.2) is 0 Å². The standard InChI is InChI=1S/C25H15F3N4O2S2/c26-25(27,28)14-9-10-21-19(11-14)32(18-7-3-4-8-20(18)36-21)22(33)13-35-24-31-30-23(34-24)16-12-29-17-6-2-1-5-15(16)17/h1-12,29H,13H2. The van der Waals surface area contributed by atoms with Gasteiger partial charge in [0.2, 0.25) is 5.91 Å². The number of thioether (sulfide) groups is 1. The van der Waals surface area contributed by atoms with Crippen molar-refractivity contribution in [1.29, 1.82) is 0 Å². The highest BCUT2D eigenvalue weighted by atomic mass is 32.2. The van der Waals surface area contributed by atoms with E-state index in [2.05, 4.69) is 15.2 Å². The molecule has 180 valence electrons. The molecule has 0 fully saturated rings. The van der Waals surface area contributed by atoms with Gasteiger partial charge < -0.3 is 9.40 Å². The summed E-state index contributed by atoms with van der Waals surface area (Å²) in [5.41, 5.74) is 1.58. The summed E-state index contributed by atoms with van der Waals surface area (Å²) >= 11 is 2.36. The maximum Gasteiger partial charge on any atom is 0.416 e. The molecular formula is C25H15F3N4O2S2. The van der Waals surface area contributed by atoms with E-state index in [0.717, 1.165) is 45.3 Å². The number of nitrogens with zero attached hydrogens (tertiary/aromatic N) is 3. The number of aromatic nitrogens is 3. The van der Waals surface area contributed by atoms with Crippen molar-refractivity contribution in [2.24, 2.45) is 0 Å². The predicted octanol–water partition coefficient (Wildman–Crippen LogP) is 7.16. The quantitative estimate of drug-likeness (QED) is 0.252. The van der Waals surface area contributed by atoms with Crippen LogP contribution < -0.4 is 4.90 Å². The van der Waals surface area contributed by atoms with Crippen LogP contribution in [0.5, 0.6) is 0 Å². The van der Waals surface area contributed by atoms with E-state index < -0.39 is 17.6 Å². The monoisotopic (exact) mass is 524 g/mol. The number of para-hydroxylation sites is 2. The first-order valence-electron chi connectivity index (χ1n) is 10.7. The summed E-state index contributed by atoms with van der Waals surface area (Å²) in [5, 5.41) is 9.25. The summed E-state index contributed by atoms with van der Waals surface area (Å²) < 4.78 is 46.0. The molecule has 0 radical (unpaired) electrons. The van der Waals surface area contributed by atoms with Crippen molar-refractivity contribution in [3.05, 3.63) is 78.5 Å². The van der Waals surface area contributed by atoms with E-state index in [4.69, 9.17) is 4.42 Å². The van der Waals surface area contributed by atoms with E-state index in [1.165, 1.54) is 22.7 Å². The van der Waals surface area contributed by atoms with Crippen LogP contribution >= 0.6 is 23.5 Å². The molecule has 11 heteroatoms. The van der Waals surface area contributed by atoms with Gasteiger partial charge in [-0.15, -0.1) is 10.2 Å². The van der Waals surface area contributed by atoms with E-state index in [0.29, 0.717) is 16.5 Å². The number of amides is 1. The number of rotatable bonds is 4. The molecule has 3 aromatic carbocycles. The fourth-order valence-corrected chi connectivity index (χ4v) is 5.66. The van der Waals surface area contributed by atoms with E-state index in [-0.39, 0.29) is 16.7 Å². The van der Waals surface area contributed by atoms with Gasteiger partial charge in [0.25, 0.3) is 11.1 Å². The lowest BCUT2D eigenvalue weighted by Crippen LogP contribution is -2.30. The van der Waals surface area contributed by atoms with Crippen molar-refractivity contribution < 1.29 is 22.4 Å². The molecule has 0 spiro atoms. The Kier molecular flexibility index (Phi) is 5.53. The molecule has 1 aliphatic heterocycles. The van der Waals surface area contributed by atoms with Gasteiger partial charge in [-0.2, -0.15) is 13.2 Å². The number of benzene rings is 3. The fraction of sp³-hybridized carbons (Fsp3) is 0.0800. The lowest BCUT2D eigenvalue weighted by molar-refractivity contribution is -0.137. The summed E-state index contributed by atoms with van der Waals surface area (Å²) in [6.45, 7) is 0. The van der Waals surface area contributed by atoms with E-state index in [1.807, 2.05) is 36.4 Å². The van der Waals surface area contributed by atoms with Crippen LogP contribution in [0.15, 0.2) is 92.4 Å². The highest BCUT2D eigenvalue weighted by Crippen LogP contribution is 2.49. The first kappa shape index (κ1) is 22.7. The zero-order valence-corrected chi connectivity index (χ0v) is 19.9. The molecule has 1 N–H and O–H groups in total. The van der Waals surface area contributed by atoms with E-state index >= 15 is 0 Å². The van der Waals surface area contributed by atoms with Crippen LogP contribution in [0.3, 0.4) is 0 Å². The Hall–Kier alpha value is -3.70. The second-order valence-corrected chi connectivity index (χ2v) is 9.90. The third-order valence-corrected chi connectivity index (χ3v) is 7.58. The molecule has 3 heterocycles. The molecule has 36 heavy (non-hydrogen) atoms. The normalized spacial score (nSPS) is 13.0. The van der Waals surface area contributed by atoms with Gasteiger partial charge >= 0.3 is 6.18 Å². The van der Waals surface area contributed by atoms with E-state index in [1.54, 1.807) is 18.3 Å². The molecule has 0 aliphatic carbocycles. The number of carbonyl (C=O) groups excluding carboxylic acids is 1. The molecule has 0 saturated heterocycles. The van der Waals surface area contributed by atoms with Crippen LogP contribution in [-0.2, 0) is 11.0 Å². The third-order valence-electron chi connectivity index (χ3n) is 5.65. The lowest BCUT2D eigenvalue weighted by atomic mass is 10.1. The average molecular weight is 525 g/mol. The lowest BCUT2D eigenvalue weighted by Gasteiger charge is -2.31. The first-order chi connectivity index (χ1) is 17.4. The second-order valence-electron chi connectivity index (χ2n) is 7.89. The summed E-state index contributed by atoms with van der Waals surface area (Å²) in [5.74, 6) is -0.202. The highest BCUT2D eigenvalue weighted by Gasteiger charge is 2.35. The van der Waals surface area contributed by atoms with Gasteiger partial charge in [0.05, 0.1) is 28.3 Å². The molecule has 6 nitrogen and oxygen atoms in total. The Balaban J connectivity index is 1.28. The Morgan fingerprint density at radius 3 is 2.64 bits per heavy atom.